The van der Waals surface area contributed by atoms with Crippen molar-refractivity contribution >= 4 is 26.0 Å². The number of alkyl halides is 1. The van der Waals surface area contributed by atoms with Crippen LogP contribution in [0.2, 0.25) is 0 Å². The average Bonchev–Trinajstić information content (AvgIpc) is 2.53. The summed E-state index contributed by atoms with van der Waals surface area (Å²) in [5.41, 5.74) is 2.36. The highest BCUT2D eigenvalue weighted by molar-refractivity contribution is 9.08. The summed E-state index contributed by atoms with van der Waals surface area (Å²) in [5, 5.41) is 9.40. The molecule has 0 unspecified atom stereocenters. The maximum absolute atomic E-state index is 12.2. The molecule has 0 saturated carbocycles. The highest BCUT2D eigenvalue weighted by Gasteiger charge is 2.13. The predicted octanol–water partition coefficient (Wildman–Crippen LogP) is 2.93. The summed E-state index contributed by atoms with van der Waals surface area (Å²) in [6, 6.07) is 15.5. The van der Waals surface area contributed by atoms with Crippen molar-refractivity contribution in [3.8, 4) is 6.07 Å². The van der Waals surface area contributed by atoms with Gasteiger partial charge >= 0.3 is 0 Å². The first-order valence-corrected chi connectivity index (χ1v) is 8.79. The third-order valence-electron chi connectivity index (χ3n) is 2.94. The van der Waals surface area contributed by atoms with Crippen LogP contribution in [0.1, 0.15) is 16.7 Å². The zero-order chi connectivity index (χ0) is 15.3. The van der Waals surface area contributed by atoms with E-state index >= 15 is 0 Å². The number of nitrogens with zero attached hydrogens (tertiary/aromatic N) is 1. The monoisotopic (exact) mass is 364 g/mol. The van der Waals surface area contributed by atoms with Crippen LogP contribution < -0.4 is 4.72 Å². The van der Waals surface area contributed by atoms with Crippen LogP contribution in [-0.4, -0.2) is 8.42 Å². The SMILES string of the molecule is N#Cc1ccc(CNS(=O)(=O)c2ccc(CBr)cc2)cc1. The topological polar surface area (TPSA) is 70.0 Å². The molecular formula is C15H13BrN2O2S. The van der Waals surface area contributed by atoms with Crippen molar-refractivity contribution in [2.24, 2.45) is 0 Å². The first kappa shape index (κ1) is 15.7. The Hall–Kier alpha value is -1.68. The van der Waals surface area contributed by atoms with E-state index in [1.54, 1.807) is 48.5 Å². The van der Waals surface area contributed by atoms with E-state index in [1.165, 1.54) is 0 Å². The summed E-state index contributed by atoms with van der Waals surface area (Å²) >= 11 is 3.32. The second kappa shape index (κ2) is 6.85. The molecule has 2 aromatic rings. The number of nitrogens with one attached hydrogen (secondary N) is 1. The number of sulfonamides is 1. The summed E-state index contributed by atoms with van der Waals surface area (Å²) < 4.78 is 26.9. The molecule has 0 saturated heterocycles. The van der Waals surface area contributed by atoms with Gasteiger partial charge in [-0.05, 0) is 35.4 Å². The lowest BCUT2D eigenvalue weighted by molar-refractivity contribution is 0.581. The van der Waals surface area contributed by atoms with Gasteiger partial charge in [-0.15, -0.1) is 0 Å². The Bertz CT molecular complexity index is 748. The van der Waals surface area contributed by atoms with Gasteiger partial charge < -0.3 is 0 Å². The van der Waals surface area contributed by atoms with Crippen molar-refractivity contribution in [3.05, 3.63) is 65.2 Å². The number of hydrogen-bond acceptors (Lipinski definition) is 3. The van der Waals surface area contributed by atoms with E-state index in [-0.39, 0.29) is 11.4 Å². The largest absolute Gasteiger partial charge is 0.240 e. The minimum absolute atomic E-state index is 0.189. The van der Waals surface area contributed by atoms with Gasteiger partial charge in [0, 0.05) is 11.9 Å². The predicted molar refractivity (Wildman–Crippen MR) is 84.3 cm³/mol. The third kappa shape index (κ3) is 4.14. The van der Waals surface area contributed by atoms with E-state index in [9.17, 15) is 8.42 Å². The third-order valence-corrected chi connectivity index (χ3v) is 5.00. The second-order valence-electron chi connectivity index (χ2n) is 4.41. The van der Waals surface area contributed by atoms with Crippen LogP contribution in [0.15, 0.2) is 53.4 Å². The fourth-order valence-corrected chi connectivity index (χ4v) is 3.11. The molecule has 0 aliphatic carbocycles. The lowest BCUT2D eigenvalue weighted by Crippen LogP contribution is -2.23. The van der Waals surface area contributed by atoms with Crippen LogP contribution in [0.3, 0.4) is 0 Å². The summed E-state index contributed by atoms with van der Waals surface area (Å²) in [6.45, 7) is 0.189. The molecule has 2 aromatic carbocycles. The summed E-state index contributed by atoms with van der Waals surface area (Å²) in [7, 11) is -3.53. The molecule has 108 valence electrons. The van der Waals surface area contributed by atoms with Crippen molar-refractivity contribution in [1.82, 2.24) is 4.72 Å². The van der Waals surface area contributed by atoms with Gasteiger partial charge in [0.15, 0.2) is 0 Å². The zero-order valence-electron chi connectivity index (χ0n) is 11.1. The van der Waals surface area contributed by atoms with Crippen molar-refractivity contribution in [2.45, 2.75) is 16.8 Å². The van der Waals surface area contributed by atoms with E-state index in [4.69, 9.17) is 5.26 Å². The minimum atomic E-state index is -3.53. The van der Waals surface area contributed by atoms with E-state index in [1.807, 2.05) is 6.07 Å². The molecule has 0 aromatic heterocycles. The van der Waals surface area contributed by atoms with Crippen LogP contribution in [0.4, 0.5) is 0 Å². The van der Waals surface area contributed by atoms with Crippen LogP contribution in [0, 0.1) is 11.3 Å². The molecule has 4 nitrogen and oxygen atoms in total. The van der Waals surface area contributed by atoms with Crippen LogP contribution >= 0.6 is 15.9 Å². The maximum Gasteiger partial charge on any atom is 0.240 e. The fourth-order valence-electron chi connectivity index (χ4n) is 1.72. The van der Waals surface area contributed by atoms with E-state index < -0.39 is 10.0 Å². The molecule has 21 heavy (non-hydrogen) atoms. The smallest absolute Gasteiger partial charge is 0.207 e. The molecular weight excluding hydrogens is 352 g/mol. The Morgan fingerprint density at radius 1 is 1.00 bits per heavy atom. The molecule has 6 heteroatoms. The molecule has 0 aliphatic heterocycles. The Kier molecular flexibility index (Phi) is 5.12. The summed E-state index contributed by atoms with van der Waals surface area (Å²) in [4.78, 5) is 0.237. The van der Waals surface area contributed by atoms with E-state index in [0.717, 1.165) is 11.1 Å². The minimum Gasteiger partial charge on any atom is -0.207 e. The average molecular weight is 365 g/mol. The van der Waals surface area contributed by atoms with Crippen LogP contribution in [-0.2, 0) is 21.9 Å². The molecule has 2 rings (SSSR count). The van der Waals surface area contributed by atoms with Crippen molar-refractivity contribution in [3.63, 3.8) is 0 Å². The van der Waals surface area contributed by atoms with Gasteiger partial charge in [-0.1, -0.05) is 40.2 Å². The summed E-state index contributed by atoms with van der Waals surface area (Å²) in [5.74, 6) is 0. The lowest BCUT2D eigenvalue weighted by atomic mass is 10.1. The molecule has 1 N–H and O–H groups in total. The maximum atomic E-state index is 12.2. The van der Waals surface area contributed by atoms with Gasteiger partial charge in [-0.3, -0.25) is 0 Å². The Morgan fingerprint density at radius 2 is 1.57 bits per heavy atom. The number of nitriles is 1. The Balaban J connectivity index is 2.08. The number of benzene rings is 2. The van der Waals surface area contributed by atoms with Gasteiger partial charge in [0.25, 0.3) is 0 Å². The van der Waals surface area contributed by atoms with Crippen molar-refractivity contribution < 1.29 is 8.42 Å². The molecule has 0 spiro atoms. The Labute approximate surface area is 132 Å². The quantitative estimate of drug-likeness (QED) is 0.829. The van der Waals surface area contributed by atoms with Gasteiger partial charge in [-0.2, -0.15) is 5.26 Å². The highest BCUT2D eigenvalue weighted by atomic mass is 79.9. The molecule has 0 fully saturated rings. The lowest BCUT2D eigenvalue weighted by Gasteiger charge is -2.07. The first-order valence-electron chi connectivity index (χ1n) is 6.19. The summed E-state index contributed by atoms with van der Waals surface area (Å²) in [6.07, 6.45) is 0. The highest BCUT2D eigenvalue weighted by Crippen LogP contribution is 2.13. The number of hydrogen-bond donors (Lipinski definition) is 1. The van der Waals surface area contributed by atoms with Gasteiger partial charge in [0.1, 0.15) is 0 Å². The molecule has 0 atom stereocenters. The van der Waals surface area contributed by atoms with Gasteiger partial charge in [-0.25, -0.2) is 13.1 Å². The molecule has 0 radical (unpaired) electrons. The normalized spacial score (nSPS) is 11.0. The number of halogens is 1. The van der Waals surface area contributed by atoms with Crippen LogP contribution in [0.5, 0.6) is 0 Å². The zero-order valence-corrected chi connectivity index (χ0v) is 13.5. The van der Waals surface area contributed by atoms with E-state index in [0.29, 0.717) is 10.9 Å². The van der Waals surface area contributed by atoms with E-state index in [2.05, 4.69) is 20.7 Å². The van der Waals surface area contributed by atoms with Crippen molar-refractivity contribution in [2.75, 3.05) is 0 Å². The van der Waals surface area contributed by atoms with Crippen molar-refractivity contribution in [1.29, 1.82) is 5.26 Å². The standard InChI is InChI=1S/C15H13BrN2O2S/c16-9-12-5-7-15(8-6-12)21(19,20)18-11-14-3-1-13(10-17)2-4-14/h1-8,18H,9,11H2. The van der Waals surface area contributed by atoms with Crippen LogP contribution in [0.25, 0.3) is 0 Å². The molecule has 0 aliphatic rings. The Morgan fingerprint density at radius 3 is 2.10 bits per heavy atom. The fraction of sp³-hybridized carbons (Fsp3) is 0.133. The molecule has 0 amide bonds. The molecule has 0 heterocycles. The second-order valence-corrected chi connectivity index (χ2v) is 6.74. The number of rotatable bonds is 5. The van der Waals surface area contributed by atoms with Gasteiger partial charge in [0.05, 0.1) is 16.5 Å². The molecule has 0 bridgehead atoms. The van der Waals surface area contributed by atoms with Gasteiger partial charge in [0.2, 0.25) is 10.0 Å². The first-order chi connectivity index (χ1) is 10.0.